The lowest BCUT2D eigenvalue weighted by molar-refractivity contribution is -0.139. The number of carbonyl (C=O) groups excluding carboxylic acids is 1. The summed E-state index contributed by atoms with van der Waals surface area (Å²) in [5.74, 6) is 0.760. The minimum atomic E-state index is -0.669. The molecule has 0 bridgehead atoms. The van der Waals surface area contributed by atoms with Gasteiger partial charge < -0.3 is 10.5 Å². The maximum atomic E-state index is 13.4. The van der Waals surface area contributed by atoms with Crippen LogP contribution in [0.25, 0.3) is 0 Å². The molecular formula is C23H47N3O2S. The first-order chi connectivity index (χ1) is 13.5. The smallest absolute Gasteiger partial charge is 0.239 e. The SMILES string of the molecule is CCCCCC(CCCC)C(CSC(C)(C)OC)(C(N)=O)N1CCN(C)C1(C)C. The number of nitrogens with two attached hydrogens (primary N) is 1. The van der Waals surface area contributed by atoms with Gasteiger partial charge in [0.15, 0.2) is 0 Å². The van der Waals surface area contributed by atoms with Crippen LogP contribution >= 0.6 is 11.8 Å². The molecule has 1 heterocycles. The van der Waals surface area contributed by atoms with Crippen LogP contribution in [0, 0.1) is 5.92 Å². The summed E-state index contributed by atoms with van der Waals surface area (Å²) in [5, 5.41) is 0. The summed E-state index contributed by atoms with van der Waals surface area (Å²) in [6.07, 6.45) is 7.93. The Kier molecular flexibility index (Phi) is 10.5. The van der Waals surface area contributed by atoms with Crippen LogP contribution in [0.4, 0.5) is 0 Å². The van der Waals surface area contributed by atoms with Crippen molar-refractivity contribution in [3.05, 3.63) is 0 Å². The molecule has 0 saturated carbocycles. The molecule has 1 fully saturated rings. The largest absolute Gasteiger partial charge is 0.368 e. The molecule has 29 heavy (non-hydrogen) atoms. The van der Waals surface area contributed by atoms with Gasteiger partial charge in [0, 0.05) is 26.0 Å². The number of thioether (sulfide) groups is 1. The minimum absolute atomic E-state index is 0.169. The second-order valence-electron chi connectivity index (χ2n) is 9.58. The molecule has 0 spiro atoms. The highest BCUT2D eigenvalue weighted by Crippen LogP contribution is 2.44. The first-order valence-electron chi connectivity index (χ1n) is 11.5. The predicted octanol–water partition coefficient (Wildman–Crippen LogP) is 4.70. The van der Waals surface area contributed by atoms with Crippen LogP contribution in [-0.2, 0) is 9.53 Å². The third kappa shape index (κ3) is 6.34. The summed E-state index contributed by atoms with van der Waals surface area (Å²) in [4.78, 5) is 17.8. The number of ether oxygens (including phenoxy) is 1. The highest BCUT2D eigenvalue weighted by molar-refractivity contribution is 8.00. The Hall–Kier alpha value is -0.300. The first kappa shape index (κ1) is 26.7. The molecule has 172 valence electrons. The Morgan fingerprint density at radius 2 is 1.72 bits per heavy atom. The van der Waals surface area contributed by atoms with Crippen molar-refractivity contribution in [3.8, 4) is 0 Å². The molecule has 2 atom stereocenters. The highest BCUT2D eigenvalue weighted by atomic mass is 32.2. The lowest BCUT2D eigenvalue weighted by atomic mass is 9.75. The van der Waals surface area contributed by atoms with Gasteiger partial charge in [0.25, 0.3) is 0 Å². The van der Waals surface area contributed by atoms with Crippen LogP contribution in [0.15, 0.2) is 0 Å². The van der Waals surface area contributed by atoms with E-state index in [9.17, 15) is 4.79 Å². The summed E-state index contributed by atoms with van der Waals surface area (Å²) in [6.45, 7) is 14.9. The number of primary amides is 1. The fraction of sp³-hybridized carbons (Fsp3) is 0.957. The summed E-state index contributed by atoms with van der Waals surface area (Å²) >= 11 is 1.72. The third-order valence-corrected chi connectivity index (χ3v) is 8.48. The van der Waals surface area contributed by atoms with Gasteiger partial charge in [0.05, 0.1) is 5.66 Å². The fourth-order valence-electron chi connectivity index (χ4n) is 4.57. The van der Waals surface area contributed by atoms with E-state index in [2.05, 4.69) is 58.4 Å². The van der Waals surface area contributed by atoms with Gasteiger partial charge in [-0.1, -0.05) is 46.0 Å². The molecule has 1 rings (SSSR count). The predicted molar refractivity (Wildman–Crippen MR) is 126 cm³/mol. The van der Waals surface area contributed by atoms with Crippen molar-refractivity contribution in [2.75, 3.05) is 33.0 Å². The molecule has 0 aromatic heterocycles. The average molecular weight is 430 g/mol. The number of nitrogens with zero attached hydrogens (tertiary/aromatic N) is 2. The van der Waals surface area contributed by atoms with Gasteiger partial charge in [0.1, 0.15) is 10.5 Å². The lowest BCUT2D eigenvalue weighted by Crippen LogP contribution is -2.69. The van der Waals surface area contributed by atoms with Crippen LogP contribution in [0.3, 0.4) is 0 Å². The number of likely N-dealkylation sites (N-methyl/N-ethyl adjacent to an activating group) is 1. The van der Waals surface area contributed by atoms with Crippen molar-refractivity contribution >= 4 is 17.7 Å². The zero-order chi connectivity index (χ0) is 22.3. The molecule has 2 unspecified atom stereocenters. The molecule has 0 aliphatic carbocycles. The van der Waals surface area contributed by atoms with Crippen LogP contribution in [0.5, 0.6) is 0 Å². The lowest BCUT2D eigenvalue weighted by Gasteiger charge is -2.52. The van der Waals surface area contributed by atoms with Crippen molar-refractivity contribution in [1.29, 1.82) is 0 Å². The third-order valence-electron chi connectivity index (χ3n) is 7.03. The number of carbonyl (C=O) groups is 1. The summed E-state index contributed by atoms with van der Waals surface area (Å²) in [7, 11) is 3.89. The van der Waals surface area contributed by atoms with Gasteiger partial charge in [-0.3, -0.25) is 14.6 Å². The molecule has 0 aromatic carbocycles. The normalized spacial score (nSPS) is 21.2. The molecule has 5 nitrogen and oxygen atoms in total. The van der Waals surface area contributed by atoms with Gasteiger partial charge in [0.2, 0.25) is 5.91 Å². The molecule has 0 aromatic rings. The van der Waals surface area contributed by atoms with Crippen LogP contribution < -0.4 is 5.73 Å². The van der Waals surface area contributed by atoms with E-state index in [-0.39, 0.29) is 22.4 Å². The fourth-order valence-corrected chi connectivity index (χ4v) is 5.79. The van der Waals surface area contributed by atoms with E-state index >= 15 is 0 Å². The zero-order valence-electron chi connectivity index (χ0n) is 20.3. The minimum Gasteiger partial charge on any atom is -0.368 e. The summed E-state index contributed by atoms with van der Waals surface area (Å²) < 4.78 is 5.69. The second kappa shape index (κ2) is 11.4. The Morgan fingerprint density at radius 3 is 2.17 bits per heavy atom. The Labute approximate surface area is 184 Å². The van der Waals surface area contributed by atoms with Crippen LogP contribution in [0.2, 0.25) is 0 Å². The van der Waals surface area contributed by atoms with E-state index < -0.39 is 5.54 Å². The van der Waals surface area contributed by atoms with Gasteiger partial charge in [-0.05, 0) is 53.5 Å². The van der Waals surface area contributed by atoms with Crippen LogP contribution in [-0.4, -0.2) is 64.8 Å². The zero-order valence-corrected chi connectivity index (χ0v) is 21.2. The number of hydrogen-bond donors (Lipinski definition) is 1. The standard InChI is InChI=1S/C23H47N3O2S/c1-9-11-13-15-19(14-12-10-2)23(20(24)27,18-29-22(5,6)28-8)26-17-16-25(7)21(26,3)4/h19H,9-18H2,1-8H3,(H2,24,27). The molecule has 2 N–H and O–H groups in total. The summed E-state index contributed by atoms with van der Waals surface area (Å²) in [6, 6.07) is 0. The van der Waals surface area contributed by atoms with Crippen LogP contribution in [0.1, 0.15) is 86.5 Å². The van der Waals surface area contributed by atoms with Gasteiger partial charge in [-0.25, -0.2) is 0 Å². The quantitative estimate of drug-likeness (QED) is 0.320. The molecule has 0 radical (unpaired) electrons. The van der Waals surface area contributed by atoms with Crippen molar-refractivity contribution in [3.63, 3.8) is 0 Å². The molecule has 1 saturated heterocycles. The molecule has 6 heteroatoms. The number of methoxy groups -OCH3 is 1. The second-order valence-corrected chi connectivity index (χ2v) is 11.1. The van der Waals surface area contributed by atoms with Crippen molar-refractivity contribution in [2.45, 2.75) is 103 Å². The molecule has 1 amide bonds. The van der Waals surface area contributed by atoms with Gasteiger partial charge in [-0.15, -0.1) is 11.8 Å². The van der Waals surface area contributed by atoms with Crippen molar-refractivity contribution in [1.82, 2.24) is 9.80 Å². The van der Waals surface area contributed by atoms with E-state index in [0.29, 0.717) is 5.75 Å². The Morgan fingerprint density at radius 1 is 1.14 bits per heavy atom. The molecule has 1 aliphatic heterocycles. The van der Waals surface area contributed by atoms with E-state index in [0.717, 1.165) is 45.2 Å². The van der Waals surface area contributed by atoms with Gasteiger partial charge in [-0.2, -0.15) is 0 Å². The summed E-state index contributed by atoms with van der Waals surface area (Å²) in [5.41, 5.74) is 5.44. The Bertz CT molecular complexity index is 512. The molecule has 1 aliphatic rings. The number of amides is 1. The van der Waals surface area contributed by atoms with E-state index in [4.69, 9.17) is 10.5 Å². The van der Waals surface area contributed by atoms with Crippen molar-refractivity contribution < 1.29 is 9.53 Å². The number of rotatable bonds is 14. The highest BCUT2D eigenvalue weighted by Gasteiger charge is 2.56. The number of unbranched alkanes of at least 4 members (excludes halogenated alkanes) is 3. The monoisotopic (exact) mass is 429 g/mol. The average Bonchev–Trinajstić information content (AvgIpc) is 2.93. The van der Waals surface area contributed by atoms with E-state index in [1.165, 1.54) is 12.8 Å². The Balaban J connectivity index is 3.42. The molecular weight excluding hydrogens is 382 g/mol. The van der Waals surface area contributed by atoms with Crippen molar-refractivity contribution in [2.24, 2.45) is 11.7 Å². The maximum absolute atomic E-state index is 13.4. The topological polar surface area (TPSA) is 58.8 Å². The van der Waals surface area contributed by atoms with E-state index in [1.807, 2.05) is 0 Å². The van der Waals surface area contributed by atoms with Gasteiger partial charge >= 0.3 is 0 Å². The van der Waals surface area contributed by atoms with E-state index in [1.54, 1.807) is 18.9 Å². The maximum Gasteiger partial charge on any atom is 0.239 e. The first-order valence-corrected chi connectivity index (χ1v) is 12.5. The number of hydrogen-bond acceptors (Lipinski definition) is 5.